The van der Waals surface area contributed by atoms with Crippen LogP contribution in [0.2, 0.25) is 0 Å². The molecule has 0 atom stereocenters. The molecule has 1 aromatic carbocycles. The van der Waals surface area contributed by atoms with E-state index in [9.17, 15) is 0 Å². The molecule has 0 heterocycles. The molecule has 0 saturated heterocycles. The van der Waals surface area contributed by atoms with Crippen molar-refractivity contribution in [3.63, 3.8) is 0 Å². The monoisotopic (exact) mass is 342 g/mol. The van der Waals surface area contributed by atoms with Crippen molar-refractivity contribution in [2.45, 2.75) is 0 Å². The molecule has 0 fully saturated rings. The van der Waals surface area contributed by atoms with Crippen molar-refractivity contribution in [3.05, 3.63) is 22.2 Å². The van der Waals surface area contributed by atoms with E-state index in [-0.39, 0.29) is 11.7 Å². The summed E-state index contributed by atoms with van der Waals surface area (Å²) >= 11 is 7.99. The zero-order chi connectivity index (χ0) is 14.3. The van der Waals surface area contributed by atoms with Crippen LogP contribution < -0.4 is 20.6 Å². The molecule has 0 saturated carbocycles. The quantitative estimate of drug-likeness (QED) is 0.478. The Morgan fingerprint density at radius 2 is 2.37 bits per heavy atom. The maximum Gasteiger partial charge on any atom is 0.184 e. The predicted molar refractivity (Wildman–Crippen MR) is 79.3 cm³/mol. The number of benzene rings is 1. The van der Waals surface area contributed by atoms with Gasteiger partial charge in [0.15, 0.2) is 23.2 Å². The molecule has 1 aromatic rings. The van der Waals surface area contributed by atoms with E-state index in [1.54, 1.807) is 12.1 Å². The van der Waals surface area contributed by atoms with Crippen molar-refractivity contribution >= 4 is 39.5 Å². The lowest BCUT2D eigenvalue weighted by Crippen LogP contribution is -2.24. The Hall–Kier alpha value is -1.85. The van der Waals surface area contributed by atoms with Crippen molar-refractivity contribution < 1.29 is 9.47 Å². The van der Waals surface area contributed by atoms with E-state index in [2.05, 4.69) is 38.7 Å². The molecule has 1 rings (SSSR count). The van der Waals surface area contributed by atoms with Crippen molar-refractivity contribution in [1.82, 2.24) is 5.43 Å². The summed E-state index contributed by atoms with van der Waals surface area (Å²) in [5.41, 5.74) is 8.44. The number of methoxy groups -OCH3 is 1. The second kappa shape index (κ2) is 7.56. The van der Waals surface area contributed by atoms with Crippen molar-refractivity contribution in [3.8, 4) is 17.6 Å². The Morgan fingerprint density at radius 3 is 2.95 bits per heavy atom. The fourth-order valence-electron chi connectivity index (χ4n) is 1.20. The maximum atomic E-state index is 8.50. The van der Waals surface area contributed by atoms with Gasteiger partial charge in [-0.1, -0.05) is 0 Å². The second-order valence-corrected chi connectivity index (χ2v) is 4.50. The van der Waals surface area contributed by atoms with Gasteiger partial charge in [-0.25, -0.2) is 0 Å². The summed E-state index contributed by atoms with van der Waals surface area (Å²) in [4.78, 5) is 0. The highest BCUT2D eigenvalue weighted by atomic mass is 79.9. The highest BCUT2D eigenvalue weighted by Crippen LogP contribution is 2.32. The fraction of sp³-hybridized carbons (Fsp3) is 0.182. The molecule has 0 bridgehead atoms. The molecule has 19 heavy (non-hydrogen) atoms. The van der Waals surface area contributed by atoms with Crippen molar-refractivity contribution in [1.29, 1.82) is 5.26 Å². The minimum absolute atomic E-state index is 0.0563. The van der Waals surface area contributed by atoms with Gasteiger partial charge >= 0.3 is 0 Å². The molecule has 3 N–H and O–H groups in total. The first-order chi connectivity index (χ1) is 9.08. The van der Waals surface area contributed by atoms with Gasteiger partial charge in [0.25, 0.3) is 0 Å². The van der Waals surface area contributed by atoms with Crippen LogP contribution >= 0.6 is 28.1 Å². The number of thiocarbonyl (C=S) groups is 1. The van der Waals surface area contributed by atoms with Gasteiger partial charge in [0.2, 0.25) is 0 Å². The van der Waals surface area contributed by atoms with Crippen LogP contribution in [0.5, 0.6) is 11.5 Å². The lowest BCUT2D eigenvalue weighted by Gasteiger charge is -2.10. The molecule has 6 nitrogen and oxygen atoms in total. The molecule has 0 amide bonds. The zero-order valence-electron chi connectivity index (χ0n) is 10.0. The molecule has 0 aliphatic heterocycles. The van der Waals surface area contributed by atoms with E-state index in [1.165, 1.54) is 13.3 Å². The van der Waals surface area contributed by atoms with E-state index in [1.807, 2.05) is 6.07 Å². The second-order valence-electron chi connectivity index (χ2n) is 3.21. The molecule has 0 unspecified atom stereocenters. The van der Waals surface area contributed by atoms with Gasteiger partial charge in [-0.15, -0.1) is 0 Å². The average molecular weight is 343 g/mol. The molecule has 0 aliphatic rings. The summed E-state index contributed by atoms with van der Waals surface area (Å²) in [6.45, 7) is -0.0563. The van der Waals surface area contributed by atoms with Crippen molar-refractivity contribution in [2.24, 2.45) is 10.8 Å². The third-order valence-electron chi connectivity index (χ3n) is 1.95. The summed E-state index contributed by atoms with van der Waals surface area (Å²) in [5.74, 6) is 0.964. The van der Waals surface area contributed by atoms with Crippen molar-refractivity contribution in [2.75, 3.05) is 13.7 Å². The van der Waals surface area contributed by atoms with Gasteiger partial charge in [0.05, 0.1) is 13.3 Å². The largest absolute Gasteiger partial charge is 0.493 e. The topological polar surface area (TPSA) is 92.7 Å². The fourth-order valence-corrected chi connectivity index (χ4v) is 1.68. The number of hydrazone groups is 1. The SMILES string of the molecule is COc1cc(C=NNC(N)=S)c(Br)cc1OCC#N. The molecule has 0 radical (unpaired) electrons. The Balaban J connectivity index is 2.99. The van der Waals surface area contributed by atoms with Gasteiger partial charge in [-0.2, -0.15) is 10.4 Å². The lowest BCUT2D eigenvalue weighted by molar-refractivity contribution is 0.329. The molecular formula is C11H11BrN4O2S. The predicted octanol–water partition coefficient (Wildman–Crippen LogP) is 1.53. The van der Waals surface area contributed by atoms with Gasteiger partial charge in [-0.3, -0.25) is 5.43 Å². The van der Waals surface area contributed by atoms with Crippen LogP contribution in [-0.4, -0.2) is 25.0 Å². The van der Waals surface area contributed by atoms with Gasteiger partial charge < -0.3 is 15.2 Å². The van der Waals surface area contributed by atoms with Gasteiger partial charge in [0.1, 0.15) is 6.07 Å². The van der Waals surface area contributed by atoms with Crippen LogP contribution in [0, 0.1) is 11.3 Å². The zero-order valence-corrected chi connectivity index (χ0v) is 12.4. The summed E-state index contributed by atoms with van der Waals surface area (Å²) in [6, 6.07) is 5.29. The molecule has 0 spiro atoms. The van der Waals surface area contributed by atoms with Gasteiger partial charge in [0, 0.05) is 10.0 Å². The van der Waals surface area contributed by atoms with E-state index in [0.29, 0.717) is 11.5 Å². The van der Waals surface area contributed by atoms with Crippen LogP contribution in [0.1, 0.15) is 5.56 Å². The Bertz CT molecular complexity index is 542. The number of nitrogens with zero attached hydrogens (tertiary/aromatic N) is 2. The number of ether oxygens (including phenoxy) is 2. The number of rotatable bonds is 5. The third-order valence-corrected chi connectivity index (χ3v) is 2.73. The number of nitrogens with two attached hydrogens (primary N) is 1. The number of hydrogen-bond acceptors (Lipinski definition) is 5. The number of nitriles is 1. The van der Waals surface area contributed by atoms with Crippen LogP contribution in [0.15, 0.2) is 21.7 Å². The third kappa shape index (κ3) is 4.73. The summed E-state index contributed by atoms with van der Waals surface area (Å²) in [6.07, 6.45) is 1.53. The standard InChI is InChI=1S/C11H11BrN4O2S/c1-17-9-4-7(6-15-16-11(14)19)8(12)5-10(9)18-3-2-13/h4-6H,3H2,1H3,(H3,14,16,19). The molecule has 0 aliphatic carbocycles. The summed E-state index contributed by atoms with van der Waals surface area (Å²) in [7, 11) is 1.51. The minimum atomic E-state index is -0.0563. The molecular weight excluding hydrogens is 332 g/mol. The van der Waals surface area contributed by atoms with Crippen LogP contribution in [0.3, 0.4) is 0 Å². The Morgan fingerprint density at radius 1 is 1.63 bits per heavy atom. The van der Waals surface area contributed by atoms with E-state index in [0.717, 1.165) is 10.0 Å². The maximum absolute atomic E-state index is 8.50. The summed E-state index contributed by atoms with van der Waals surface area (Å²) in [5, 5.41) is 12.4. The highest BCUT2D eigenvalue weighted by molar-refractivity contribution is 9.10. The number of hydrogen-bond donors (Lipinski definition) is 2. The summed E-state index contributed by atoms with van der Waals surface area (Å²) < 4.78 is 11.1. The van der Waals surface area contributed by atoms with Crippen LogP contribution in [-0.2, 0) is 0 Å². The first-order valence-electron chi connectivity index (χ1n) is 5.04. The number of halogens is 1. The number of nitrogens with one attached hydrogen (secondary N) is 1. The first kappa shape index (κ1) is 15.2. The molecule has 0 aromatic heterocycles. The smallest absolute Gasteiger partial charge is 0.184 e. The van der Waals surface area contributed by atoms with E-state index < -0.39 is 0 Å². The van der Waals surface area contributed by atoms with Crippen LogP contribution in [0.25, 0.3) is 0 Å². The van der Waals surface area contributed by atoms with Gasteiger partial charge in [-0.05, 0) is 40.3 Å². The van der Waals surface area contributed by atoms with E-state index >= 15 is 0 Å². The normalized spacial score (nSPS) is 9.95. The first-order valence-corrected chi connectivity index (χ1v) is 6.24. The Labute approximate surface area is 124 Å². The van der Waals surface area contributed by atoms with E-state index in [4.69, 9.17) is 20.5 Å². The Kier molecular flexibility index (Phi) is 6.05. The van der Waals surface area contributed by atoms with Crippen LogP contribution in [0.4, 0.5) is 0 Å². The minimum Gasteiger partial charge on any atom is -0.493 e. The molecule has 8 heteroatoms. The lowest BCUT2D eigenvalue weighted by atomic mass is 10.2. The highest BCUT2D eigenvalue weighted by Gasteiger charge is 2.09. The molecule has 100 valence electrons. The average Bonchev–Trinajstić information content (AvgIpc) is 2.38.